The highest BCUT2D eigenvalue weighted by molar-refractivity contribution is 7.09. The zero-order valence-electron chi connectivity index (χ0n) is 20.8. The molecule has 2 aliphatic heterocycles. The number of aliphatic carboxylic acids is 2. The van der Waals surface area contributed by atoms with Crippen LogP contribution in [0.25, 0.3) is 0 Å². The van der Waals surface area contributed by atoms with Crippen LogP contribution in [-0.2, 0) is 20.9 Å². The Morgan fingerprint density at radius 2 is 1.53 bits per heavy atom. The van der Waals surface area contributed by atoms with Crippen molar-refractivity contribution >= 4 is 29.2 Å². The topological polar surface area (TPSA) is 111 Å². The first-order chi connectivity index (χ1) is 17.5. The smallest absolute Gasteiger partial charge is 0.475 e. The van der Waals surface area contributed by atoms with Gasteiger partial charge in [-0.1, -0.05) is 12.8 Å². The lowest BCUT2D eigenvalue weighted by Gasteiger charge is -2.45. The summed E-state index contributed by atoms with van der Waals surface area (Å²) in [4.78, 5) is 39.7. The predicted molar refractivity (Wildman–Crippen MR) is 124 cm³/mol. The summed E-state index contributed by atoms with van der Waals surface area (Å²) < 4.78 is 63.5. The van der Waals surface area contributed by atoms with Gasteiger partial charge in [-0.2, -0.15) is 26.3 Å². The highest BCUT2D eigenvalue weighted by Crippen LogP contribution is 2.40. The number of hydrogen-bond acceptors (Lipinski definition) is 6. The molecule has 4 rings (SSSR count). The number of piperidine rings is 1. The molecule has 1 spiro atoms. The molecule has 3 fully saturated rings. The van der Waals surface area contributed by atoms with Crippen molar-refractivity contribution in [1.29, 1.82) is 0 Å². The van der Waals surface area contributed by atoms with Crippen LogP contribution in [0.1, 0.15) is 62.1 Å². The van der Waals surface area contributed by atoms with Crippen LogP contribution in [-0.4, -0.2) is 80.4 Å². The molecule has 3 aliphatic rings. The fourth-order valence-corrected chi connectivity index (χ4v) is 5.61. The Morgan fingerprint density at radius 1 is 1.03 bits per heavy atom. The number of carbonyl (C=O) groups excluding carboxylic acids is 1. The number of likely N-dealkylation sites (tertiary alicyclic amines) is 2. The first kappa shape index (κ1) is 31.8. The maximum absolute atomic E-state index is 12.5. The van der Waals surface area contributed by atoms with Crippen LogP contribution in [0.4, 0.5) is 26.3 Å². The molecule has 0 unspecified atom stereocenters. The molecule has 0 radical (unpaired) electrons. The zero-order valence-corrected chi connectivity index (χ0v) is 21.6. The maximum atomic E-state index is 12.5. The molecule has 1 aliphatic carbocycles. The highest BCUT2D eigenvalue weighted by atomic mass is 32.1. The number of carboxylic acid groups (broad SMARTS) is 2. The molecule has 0 atom stereocenters. The Bertz CT molecular complexity index is 930. The molecule has 2 N–H and O–H groups in total. The lowest BCUT2D eigenvalue weighted by atomic mass is 9.84. The van der Waals surface area contributed by atoms with Crippen molar-refractivity contribution in [2.24, 2.45) is 5.92 Å². The second-order valence-corrected chi connectivity index (χ2v) is 10.7. The second-order valence-electron chi connectivity index (χ2n) is 9.62. The lowest BCUT2D eigenvalue weighted by Crippen LogP contribution is -2.53. The molecule has 1 aromatic heterocycles. The van der Waals surface area contributed by atoms with Crippen LogP contribution in [0.2, 0.25) is 0 Å². The van der Waals surface area contributed by atoms with Crippen LogP contribution in [0.5, 0.6) is 0 Å². The molecule has 38 heavy (non-hydrogen) atoms. The van der Waals surface area contributed by atoms with Crippen LogP contribution in [0.15, 0.2) is 5.38 Å². The van der Waals surface area contributed by atoms with Crippen molar-refractivity contribution in [2.75, 3.05) is 19.6 Å². The van der Waals surface area contributed by atoms with Gasteiger partial charge in [-0.05, 0) is 44.9 Å². The largest absolute Gasteiger partial charge is 0.490 e. The third kappa shape index (κ3) is 9.40. The number of thiazole rings is 1. The summed E-state index contributed by atoms with van der Waals surface area (Å²) in [6.45, 7) is 6.37. The summed E-state index contributed by atoms with van der Waals surface area (Å²) in [5.41, 5.74) is 1.18. The normalized spacial score (nSPS) is 20.1. The van der Waals surface area contributed by atoms with Crippen molar-refractivity contribution < 1.29 is 50.9 Å². The Balaban J connectivity index is 0.000000301. The van der Waals surface area contributed by atoms with Gasteiger partial charge in [0, 0.05) is 37.0 Å². The monoisotopic (exact) mass is 575 g/mol. The van der Waals surface area contributed by atoms with E-state index in [1.807, 2.05) is 6.92 Å². The molecule has 2 saturated heterocycles. The minimum Gasteiger partial charge on any atom is -0.475 e. The van der Waals surface area contributed by atoms with Crippen LogP contribution >= 0.6 is 11.3 Å². The van der Waals surface area contributed by atoms with Crippen molar-refractivity contribution in [3.05, 3.63) is 16.1 Å². The number of aromatic nitrogens is 1. The minimum absolute atomic E-state index is 0.112. The van der Waals surface area contributed by atoms with Gasteiger partial charge in [-0.25, -0.2) is 14.6 Å². The number of carboxylic acids is 2. The Labute approximate surface area is 219 Å². The van der Waals surface area contributed by atoms with E-state index in [0.29, 0.717) is 12.5 Å². The predicted octanol–water partition coefficient (Wildman–Crippen LogP) is 4.87. The maximum Gasteiger partial charge on any atom is 0.490 e. The van der Waals surface area contributed by atoms with Crippen LogP contribution in [0, 0.1) is 12.8 Å². The van der Waals surface area contributed by atoms with E-state index in [4.69, 9.17) is 19.8 Å². The molecule has 216 valence electrons. The van der Waals surface area contributed by atoms with E-state index < -0.39 is 24.3 Å². The SMILES string of the molecule is Cc1nc(CN2C(=O)CCC23CCN(CC2CCCC2)CC3)cs1.O=C(O)C(F)(F)F.O=C(O)C(F)(F)F. The Morgan fingerprint density at radius 3 is 1.95 bits per heavy atom. The fraction of sp³-hybridized carbons (Fsp3) is 0.739. The summed E-state index contributed by atoms with van der Waals surface area (Å²) in [5, 5.41) is 17.5. The summed E-state index contributed by atoms with van der Waals surface area (Å²) >= 11 is 1.68. The lowest BCUT2D eigenvalue weighted by molar-refractivity contribution is -0.193. The van der Waals surface area contributed by atoms with Crippen molar-refractivity contribution in [2.45, 2.75) is 82.7 Å². The molecule has 1 saturated carbocycles. The van der Waals surface area contributed by atoms with Crippen molar-refractivity contribution in [3.63, 3.8) is 0 Å². The van der Waals surface area contributed by atoms with Gasteiger partial charge in [0.1, 0.15) is 0 Å². The van der Waals surface area contributed by atoms with Gasteiger partial charge in [-0.3, -0.25) is 4.79 Å². The van der Waals surface area contributed by atoms with Crippen LogP contribution < -0.4 is 0 Å². The molecular formula is C23H31F6N3O5S. The first-order valence-corrected chi connectivity index (χ1v) is 13.0. The van der Waals surface area contributed by atoms with E-state index in [1.165, 1.54) is 32.2 Å². The van der Waals surface area contributed by atoms with E-state index in [9.17, 15) is 31.1 Å². The number of alkyl halides is 6. The number of nitrogens with zero attached hydrogens (tertiary/aromatic N) is 3. The molecule has 8 nitrogen and oxygen atoms in total. The molecule has 1 amide bonds. The van der Waals surface area contributed by atoms with Crippen LogP contribution in [0.3, 0.4) is 0 Å². The molecule has 15 heteroatoms. The minimum atomic E-state index is -5.08. The molecule has 0 aromatic carbocycles. The average Bonchev–Trinajstić information content (AvgIpc) is 3.54. The van der Waals surface area contributed by atoms with Gasteiger partial charge in [0.05, 0.1) is 17.2 Å². The summed E-state index contributed by atoms with van der Waals surface area (Å²) in [5.74, 6) is -4.25. The first-order valence-electron chi connectivity index (χ1n) is 12.1. The van der Waals surface area contributed by atoms with Gasteiger partial charge in [0.2, 0.25) is 5.91 Å². The van der Waals surface area contributed by atoms with Gasteiger partial charge in [-0.15, -0.1) is 11.3 Å². The van der Waals surface area contributed by atoms with Gasteiger partial charge in [0.15, 0.2) is 0 Å². The quantitative estimate of drug-likeness (QED) is 0.493. The number of aryl methyl sites for hydroxylation is 1. The fourth-order valence-electron chi connectivity index (χ4n) is 5.00. The average molecular weight is 576 g/mol. The molecule has 3 heterocycles. The Hall–Kier alpha value is -2.42. The molecule has 0 bridgehead atoms. The van der Waals surface area contributed by atoms with Crippen molar-refractivity contribution in [1.82, 2.24) is 14.8 Å². The number of amides is 1. The van der Waals surface area contributed by atoms with Crippen molar-refractivity contribution in [3.8, 4) is 0 Å². The third-order valence-corrected chi connectivity index (χ3v) is 7.75. The van der Waals surface area contributed by atoms with E-state index in [0.717, 1.165) is 55.4 Å². The number of carbonyl (C=O) groups is 3. The summed E-state index contributed by atoms with van der Waals surface area (Å²) in [7, 11) is 0. The van der Waals surface area contributed by atoms with Gasteiger partial charge < -0.3 is 20.0 Å². The third-order valence-electron chi connectivity index (χ3n) is 6.93. The number of halogens is 6. The number of hydrogen-bond donors (Lipinski definition) is 2. The van der Waals surface area contributed by atoms with Gasteiger partial charge in [0.25, 0.3) is 0 Å². The standard InChI is InChI=1S/C19H29N3OS.2C2HF3O2/c1-15-20-17(14-24-15)13-22-18(23)6-7-19(22)8-10-21(11-9-19)12-16-4-2-3-5-16;2*3-2(4,5)1(6)7/h14,16H,2-13H2,1H3;2*(H,6,7). The zero-order chi connectivity index (χ0) is 28.7. The second kappa shape index (κ2) is 13.1. The highest BCUT2D eigenvalue weighted by Gasteiger charge is 2.47. The summed E-state index contributed by atoms with van der Waals surface area (Å²) in [6.07, 6.45) is -0.387. The number of rotatable bonds is 4. The summed E-state index contributed by atoms with van der Waals surface area (Å²) in [6, 6.07) is 0. The molecule has 1 aromatic rings. The van der Waals surface area contributed by atoms with Gasteiger partial charge >= 0.3 is 24.3 Å². The van der Waals surface area contributed by atoms with E-state index in [1.54, 1.807) is 11.3 Å². The van der Waals surface area contributed by atoms with E-state index in [-0.39, 0.29) is 5.54 Å². The Kier molecular flexibility index (Phi) is 11.0. The van der Waals surface area contributed by atoms with E-state index >= 15 is 0 Å². The van der Waals surface area contributed by atoms with E-state index in [2.05, 4.69) is 20.2 Å². The molecular weight excluding hydrogens is 544 g/mol.